The molecule has 10 heteroatoms. The van der Waals surface area contributed by atoms with Gasteiger partial charge in [-0.05, 0) is 43.5 Å². The summed E-state index contributed by atoms with van der Waals surface area (Å²) in [5.41, 5.74) is 0.662. The molecule has 0 saturated heterocycles. The number of carbonyl (C=O) groups is 1. The zero-order valence-corrected chi connectivity index (χ0v) is 18.2. The van der Waals surface area contributed by atoms with Crippen molar-refractivity contribution in [1.82, 2.24) is 9.62 Å². The molecule has 0 atom stereocenters. The summed E-state index contributed by atoms with van der Waals surface area (Å²) in [5, 5.41) is 2.71. The van der Waals surface area contributed by atoms with Gasteiger partial charge < -0.3 is 5.32 Å². The van der Waals surface area contributed by atoms with Gasteiger partial charge >= 0.3 is 0 Å². The Morgan fingerprint density at radius 3 is 2.66 bits per heavy atom. The second kappa shape index (κ2) is 9.33. The summed E-state index contributed by atoms with van der Waals surface area (Å²) in [6.07, 6.45) is 3.20. The Hall–Kier alpha value is -2.85. The Morgan fingerprint density at radius 1 is 1.16 bits per heavy atom. The summed E-state index contributed by atoms with van der Waals surface area (Å²) in [4.78, 5) is 18.6. The molecule has 1 aliphatic heterocycles. The number of nitrogens with zero attached hydrogens (tertiary/aromatic N) is 2. The molecule has 2 aromatic rings. The van der Waals surface area contributed by atoms with Crippen molar-refractivity contribution >= 4 is 27.5 Å². The average molecular weight is 463 g/mol. The van der Waals surface area contributed by atoms with Gasteiger partial charge in [-0.15, -0.1) is 0 Å². The Balaban J connectivity index is 1.41. The number of sulfonamides is 1. The molecule has 4 rings (SSSR count). The van der Waals surface area contributed by atoms with Crippen LogP contribution in [0.25, 0.3) is 0 Å². The van der Waals surface area contributed by atoms with Gasteiger partial charge in [0.05, 0.1) is 11.4 Å². The Bertz CT molecular complexity index is 1150. The predicted molar refractivity (Wildman–Crippen MR) is 117 cm³/mol. The summed E-state index contributed by atoms with van der Waals surface area (Å²) >= 11 is 0. The molecule has 0 unspecified atom stereocenters. The van der Waals surface area contributed by atoms with Gasteiger partial charge in [-0.3, -0.25) is 19.4 Å². The Labute approximate surface area is 185 Å². The van der Waals surface area contributed by atoms with Gasteiger partial charge in [-0.2, -0.15) is 0 Å². The molecule has 32 heavy (non-hydrogen) atoms. The van der Waals surface area contributed by atoms with Gasteiger partial charge in [0.15, 0.2) is 0 Å². The van der Waals surface area contributed by atoms with E-state index in [1.54, 1.807) is 12.1 Å². The second-order valence-electron chi connectivity index (χ2n) is 7.99. The lowest BCUT2D eigenvalue weighted by atomic mass is 10.2. The third-order valence-electron chi connectivity index (χ3n) is 5.35. The molecule has 0 bridgehead atoms. The third-order valence-corrected chi connectivity index (χ3v) is 6.73. The standard InChI is InChI=1S/C22H24F2N4O3S/c23-16-7-6-15(20(24)11-16)13-28(18-8-9-18)14-22(29)26-17-3-1-4-19(12-17)32(30,31)27-21-5-2-10-25-21/h1,3-4,6-7,11-12,18H,2,5,8-10,13-14H2,(H,25,27)(H,26,29). The fourth-order valence-electron chi connectivity index (χ4n) is 3.59. The van der Waals surface area contributed by atoms with Crippen molar-refractivity contribution < 1.29 is 22.0 Å². The highest BCUT2D eigenvalue weighted by Gasteiger charge is 2.31. The van der Waals surface area contributed by atoms with E-state index in [-0.39, 0.29) is 29.9 Å². The van der Waals surface area contributed by atoms with E-state index in [4.69, 9.17) is 0 Å². The SMILES string of the molecule is O=C(CN(Cc1ccc(F)cc1F)C1CC1)Nc1cccc(S(=O)(=O)NC2=NCCC2)c1. The quantitative estimate of drug-likeness (QED) is 0.631. The highest BCUT2D eigenvalue weighted by molar-refractivity contribution is 7.90. The number of halogens is 2. The summed E-state index contributed by atoms with van der Waals surface area (Å²) in [7, 11) is -3.79. The maximum absolute atomic E-state index is 14.0. The van der Waals surface area contributed by atoms with Crippen molar-refractivity contribution in [2.45, 2.75) is 43.2 Å². The van der Waals surface area contributed by atoms with E-state index in [1.165, 1.54) is 24.3 Å². The van der Waals surface area contributed by atoms with Gasteiger partial charge in [0, 0.05) is 42.9 Å². The fraction of sp³-hybridized carbons (Fsp3) is 0.364. The number of benzene rings is 2. The van der Waals surface area contributed by atoms with Crippen molar-refractivity contribution in [3.8, 4) is 0 Å². The van der Waals surface area contributed by atoms with Crippen LogP contribution in [0.2, 0.25) is 0 Å². The van der Waals surface area contributed by atoms with E-state index in [9.17, 15) is 22.0 Å². The first-order valence-corrected chi connectivity index (χ1v) is 11.9. The predicted octanol–water partition coefficient (Wildman–Crippen LogP) is 3.04. The molecule has 1 aliphatic carbocycles. The van der Waals surface area contributed by atoms with Crippen LogP contribution in [0.15, 0.2) is 52.4 Å². The monoisotopic (exact) mass is 462 g/mol. The summed E-state index contributed by atoms with van der Waals surface area (Å²) < 4.78 is 54.9. The van der Waals surface area contributed by atoms with Crippen LogP contribution in [0.3, 0.4) is 0 Å². The van der Waals surface area contributed by atoms with Gasteiger partial charge in [0.25, 0.3) is 10.0 Å². The third kappa shape index (κ3) is 5.68. The van der Waals surface area contributed by atoms with E-state index in [1.807, 2.05) is 4.90 Å². The second-order valence-corrected chi connectivity index (χ2v) is 9.67. The molecular formula is C22H24F2N4O3S. The lowest BCUT2D eigenvalue weighted by molar-refractivity contribution is -0.117. The molecule has 2 N–H and O–H groups in total. The molecule has 1 heterocycles. The normalized spacial score (nSPS) is 16.2. The number of amides is 1. The number of hydrogen-bond donors (Lipinski definition) is 2. The van der Waals surface area contributed by atoms with Crippen LogP contribution < -0.4 is 10.0 Å². The van der Waals surface area contributed by atoms with Crippen molar-refractivity contribution in [2.75, 3.05) is 18.4 Å². The fourth-order valence-corrected chi connectivity index (χ4v) is 4.72. The van der Waals surface area contributed by atoms with E-state index in [2.05, 4.69) is 15.0 Å². The molecule has 7 nitrogen and oxygen atoms in total. The molecule has 0 aromatic heterocycles. The van der Waals surface area contributed by atoms with E-state index < -0.39 is 21.7 Å². The average Bonchev–Trinajstić information content (AvgIpc) is 3.47. The number of anilines is 1. The molecule has 2 aromatic carbocycles. The maximum atomic E-state index is 14.0. The molecular weight excluding hydrogens is 438 g/mol. The van der Waals surface area contributed by atoms with Crippen LogP contribution in [0.4, 0.5) is 14.5 Å². The summed E-state index contributed by atoms with van der Waals surface area (Å²) in [5.74, 6) is -1.20. The van der Waals surface area contributed by atoms with Crippen LogP contribution >= 0.6 is 0 Å². The molecule has 170 valence electrons. The minimum absolute atomic E-state index is 0.00746. The highest BCUT2D eigenvalue weighted by atomic mass is 32.2. The molecule has 2 aliphatic rings. The lowest BCUT2D eigenvalue weighted by Gasteiger charge is -2.22. The van der Waals surface area contributed by atoms with Crippen molar-refractivity contribution in [3.63, 3.8) is 0 Å². The van der Waals surface area contributed by atoms with Crippen LogP contribution in [0.5, 0.6) is 0 Å². The zero-order valence-electron chi connectivity index (χ0n) is 17.4. The van der Waals surface area contributed by atoms with E-state index in [0.29, 0.717) is 30.1 Å². The van der Waals surface area contributed by atoms with Crippen molar-refractivity contribution in [1.29, 1.82) is 0 Å². The Kier molecular flexibility index (Phi) is 6.52. The minimum Gasteiger partial charge on any atom is -0.325 e. The topological polar surface area (TPSA) is 90.9 Å². The maximum Gasteiger partial charge on any atom is 0.262 e. The lowest BCUT2D eigenvalue weighted by Crippen LogP contribution is -2.35. The van der Waals surface area contributed by atoms with Gasteiger partial charge in [-0.25, -0.2) is 17.2 Å². The Morgan fingerprint density at radius 2 is 1.97 bits per heavy atom. The van der Waals surface area contributed by atoms with Crippen molar-refractivity contribution in [2.24, 2.45) is 4.99 Å². The largest absolute Gasteiger partial charge is 0.325 e. The number of amidine groups is 1. The van der Waals surface area contributed by atoms with E-state index >= 15 is 0 Å². The number of carbonyl (C=O) groups excluding carboxylic acids is 1. The molecule has 0 spiro atoms. The van der Waals surface area contributed by atoms with Crippen molar-refractivity contribution in [3.05, 3.63) is 59.7 Å². The zero-order chi connectivity index (χ0) is 22.7. The van der Waals surface area contributed by atoms with E-state index in [0.717, 1.165) is 25.3 Å². The number of aliphatic imine (C=N–C) groups is 1. The first-order valence-electron chi connectivity index (χ1n) is 10.4. The van der Waals surface area contributed by atoms with Crippen LogP contribution in [-0.4, -0.2) is 44.2 Å². The molecule has 0 radical (unpaired) electrons. The first-order chi connectivity index (χ1) is 15.3. The van der Waals surface area contributed by atoms with Gasteiger partial charge in [0.2, 0.25) is 5.91 Å². The molecule has 1 saturated carbocycles. The number of hydrogen-bond acceptors (Lipinski definition) is 5. The van der Waals surface area contributed by atoms with Crippen LogP contribution in [-0.2, 0) is 21.4 Å². The minimum atomic E-state index is -3.79. The first kappa shape index (κ1) is 22.3. The summed E-state index contributed by atoms with van der Waals surface area (Å²) in [6, 6.07) is 9.55. The molecule has 1 fully saturated rings. The number of nitrogens with one attached hydrogen (secondary N) is 2. The van der Waals surface area contributed by atoms with Crippen LogP contribution in [0, 0.1) is 11.6 Å². The highest BCUT2D eigenvalue weighted by Crippen LogP contribution is 2.29. The van der Waals surface area contributed by atoms with Crippen LogP contribution in [0.1, 0.15) is 31.2 Å². The smallest absolute Gasteiger partial charge is 0.262 e. The van der Waals surface area contributed by atoms with Gasteiger partial charge in [0.1, 0.15) is 17.5 Å². The number of rotatable bonds is 8. The van der Waals surface area contributed by atoms with Gasteiger partial charge in [-0.1, -0.05) is 12.1 Å². The molecule has 1 amide bonds. The summed E-state index contributed by atoms with van der Waals surface area (Å²) in [6.45, 7) is 0.797.